The van der Waals surface area contributed by atoms with E-state index in [0.717, 1.165) is 36.8 Å². The minimum absolute atomic E-state index is 0. The molecule has 0 radical (unpaired) electrons. The van der Waals surface area contributed by atoms with Crippen LogP contribution in [-0.2, 0) is 4.79 Å². The topological polar surface area (TPSA) is 137 Å². The number of nitrogens with zero attached hydrogens (tertiary/aromatic N) is 5. The molecule has 0 bridgehead atoms. The van der Waals surface area contributed by atoms with Crippen LogP contribution < -0.4 is 20.1 Å². The molecule has 1 aliphatic rings. The van der Waals surface area contributed by atoms with Crippen LogP contribution in [0.2, 0.25) is 0 Å². The first-order chi connectivity index (χ1) is 17.0. The quantitative estimate of drug-likeness (QED) is 0.404. The molecule has 1 fully saturated rings. The number of benzene rings is 2. The molecule has 10 nitrogen and oxygen atoms in total. The Hall–Kier alpha value is -3.92. The summed E-state index contributed by atoms with van der Waals surface area (Å²) in [5, 5.41) is 10.7. The van der Waals surface area contributed by atoms with E-state index in [2.05, 4.69) is 19.9 Å². The number of aromatic nitrogens is 4. The van der Waals surface area contributed by atoms with Crippen molar-refractivity contribution in [2.45, 2.75) is 19.3 Å². The van der Waals surface area contributed by atoms with Crippen molar-refractivity contribution in [2.75, 3.05) is 37.9 Å². The summed E-state index contributed by atoms with van der Waals surface area (Å²) in [7, 11) is 3.14. The molecule has 5 rings (SSSR count). The van der Waals surface area contributed by atoms with Gasteiger partial charge in [-0.3, -0.25) is 4.79 Å². The van der Waals surface area contributed by atoms with E-state index in [1.54, 1.807) is 32.7 Å². The summed E-state index contributed by atoms with van der Waals surface area (Å²) >= 11 is 0. The van der Waals surface area contributed by atoms with E-state index in [-0.39, 0.29) is 24.7 Å². The number of nitrogens with two attached hydrogens (primary N) is 1. The molecule has 36 heavy (non-hydrogen) atoms. The van der Waals surface area contributed by atoms with Gasteiger partial charge in [-0.25, -0.2) is 15.0 Å². The predicted octanol–water partition coefficient (Wildman–Crippen LogP) is 3.97. The number of hydrogen-bond acceptors (Lipinski definition) is 9. The molecule has 0 atom stereocenters. The second kappa shape index (κ2) is 12.2. The fourth-order valence-electron chi connectivity index (χ4n) is 4.12. The highest BCUT2D eigenvalue weighted by atomic mass is 35.5. The molecule has 0 spiro atoms. The zero-order valence-corrected chi connectivity index (χ0v) is 20.9. The second-order valence-corrected chi connectivity index (χ2v) is 8.24. The molecule has 0 unspecified atom stereocenters. The maximum absolute atomic E-state index is 10.8. The van der Waals surface area contributed by atoms with E-state index in [1.165, 1.54) is 0 Å². The molecule has 3 heterocycles. The van der Waals surface area contributed by atoms with Crippen LogP contribution in [-0.4, -0.2) is 58.3 Å². The fraction of sp³-hybridized carbons (Fsp3) is 0.320. The minimum Gasteiger partial charge on any atom is -0.493 e. The summed E-state index contributed by atoms with van der Waals surface area (Å²) in [6, 6.07) is 11.5. The lowest BCUT2D eigenvalue weighted by Crippen LogP contribution is -2.35. The summed E-state index contributed by atoms with van der Waals surface area (Å²) < 4.78 is 10.6. The standard InChI is InChI=1S/C17H22N4O4.C8H6N2.ClH/c1-24-13-8-11-12(9-14(13)25-2)19-17(20-16(11)18)21-5-3-10(4-6-21)7-15(22)23;1-2-4-8-7(3-1)5-9-6-10-8;/h8-10H,3-7H2,1-2H3,(H,22,23)(H2,18,19,20);1-6H;1H. The van der Waals surface area contributed by atoms with E-state index in [0.29, 0.717) is 34.2 Å². The molecule has 1 saturated heterocycles. The number of aliphatic carboxylic acids is 1. The molecule has 2 aromatic heterocycles. The number of para-hydroxylation sites is 1. The zero-order valence-electron chi connectivity index (χ0n) is 20.1. The first-order valence-corrected chi connectivity index (χ1v) is 11.3. The van der Waals surface area contributed by atoms with Gasteiger partial charge >= 0.3 is 5.97 Å². The molecule has 3 N–H and O–H groups in total. The lowest BCUT2D eigenvalue weighted by Gasteiger charge is -2.31. The molecule has 2 aromatic carbocycles. The zero-order chi connectivity index (χ0) is 24.8. The SMILES string of the molecule is COc1cc2nc(N3CCC(CC(=O)O)CC3)nc(N)c2cc1OC.Cl.c1ccc2ncncc2c1. The average Bonchev–Trinajstić information content (AvgIpc) is 2.88. The molecular weight excluding hydrogens is 484 g/mol. The first kappa shape index (κ1) is 26.7. The van der Waals surface area contributed by atoms with E-state index < -0.39 is 5.97 Å². The lowest BCUT2D eigenvalue weighted by atomic mass is 9.94. The maximum atomic E-state index is 10.8. The second-order valence-electron chi connectivity index (χ2n) is 8.24. The Morgan fingerprint density at radius 2 is 1.78 bits per heavy atom. The third kappa shape index (κ3) is 6.19. The summed E-state index contributed by atoms with van der Waals surface area (Å²) in [6.07, 6.45) is 5.19. The summed E-state index contributed by atoms with van der Waals surface area (Å²) in [5.41, 5.74) is 7.81. The van der Waals surface area contributed by atoms with Gasteiger partial charge in [-0.2, -0.15) is 4.98 Å². The summed E-state index contributed by atoms with van der Waals surface area (Å²) in [6.45, 7) is 1.44. The van der Waals surface area contributed by atoms with E-state index in [9.17, 15) is 4.79 Å². The van der Waals surface area contributed by atoms with Crippen molar-refractivity contribution < 1.29 is 19.4 Å². The Morgan fingerprint density at radius 3 is 2.44 bits per heavy atom. The molecule has 190 valence electrons. The van der Waals surface area contributed by atoms with Crippen LogP contribution in [0.3, 0.4) is 0 Å². The van der Waals surface area contributed by atoms with Crippen molar-refractivity contribution in [1.29, 1.82) is 0 Å². The van der Waals surface area contributed by atoms with Crippen LogP contribution in [0.15, 0.2) is 48.9 Å². The number of carboxylic acids is 1. The van der Waals surface area contributed by atoms with Crippen molar-refractivity contribution in [3.8, 4) is 11.5 Å². The summed E-state index contributed by atoms with van der Waals surface area (Å²) in [5.74, 6) is 1.56. The van der Waals surface area contributed by atoms with Gasteiger partial charge in [0.05, 0.1) is 25.3 Å². The molecule has 4 aromatic rings. The molecule has 0 amide bonds. The van der Waals surface area contributed by atoms with E-state index >= 15 is 0 Å². The van der Waals surface area contributed by atoms with E-state index in [1.807, 2.05) is 35.4 Å². The number of hydrogen-bond donors (Lipinski definition) is 2. The van der Waals surface area contributed by atoms with Gasteiger partial charge in [-0.15, -0.1) is 12.4 Å². The Bertz CT molecular complexity index is 1270. The number of ether oxygens (including phenoxy) is 2. The van der Waals surface area contributed by atoms with E-state index in [4.69, 9.17) is 20.3 Å². The number of carboxylic acid groups (broad SMARTS) is 1. The van der Waals surface area contributed by atoms with Gasteiger partial charge in [0.1, 0.15) is 12.1 Å². The fourth-order valence-corrected chi connectivity index (χ4v) is 4.12. The van der Waals surface area contributed by atoms with Crippen LogP contribution in [0, 0.1) is 5.92 Å². The molecule has 0 saturated carbocycles. The molecule has 1 aliphatic heterocycles. The number of rotatable bonds is 5. The monoisotopic (exact) mass is 512 g/mol. The Labute approximate surface area is 214 Å². The Kier molecular flexibility index (Phi) is 9.02. The minimum atomic E-state index is -0.745. The molecule has 0 aliphatic carbocycles. The van der Waals surface area contributed by atoms with Crippen molar-refractivity contribution in [2.24, 2.45) is 5.92 Å². The lowest BCUT2D eigenvalue weighted by molar-refractivity contribution is -0.138. The number of halogens is 1. The predicted molar refractivity (Wildman–Crippen MR) is 141 cm³/mol. The van der Waals surface area contributed by atoms with Crippen LogP contribution in [0.4, 0.5) is 11.8 Å². The molecule has 11 heteroatoms. The van der Waals surface area contributed by atoms with Gasteiger partial charge in [0.2, 0.25) is 5.95 Å². The number of fused-ring (bicyclic) bond motifs is 2. The van der Waals surface area contributed by atoms with Crippen LogP contribution in [0.25, 0.3) is 21.8 Å². The van der Waals surface area contributed by atoms with Crippen molar-refractivity contribution in [3.05, 3.63) is 48.9 Å². The van der Waals surface area contributed by atoms with Gasteiger partial charge in [0, 0.05) is 42.5 Å². The highest BCUT2D eigenvalue weighted by molar-refractivity contribution is 5.91. The maximum Gasteiger partial charge on any atom is 0.303 e. The van der Waals surface area contributed by atoms with Gasteiger partial charge in [-0.1, -0.05) is 18.2 Å². The Balaban J connectivity index is 0.000000273. The van der Waals surface area contributed by atoms with Crippen LogP contribution >= 0.6 is 12.4 Å². The Morgan fingerprint density at radius 1 is 1.08 bits per heavy atom. The number of piperidine rings is 1. The first-order valence-electron chi connectivity index (χ1n) is 11.3. The van der Waals surface area contributed by atoms with Crippen LogP contribution in [0.1, 0.15) is 19.3 Å². The average molecular weight is 513 g/mol. The van der Waals surface area contributed by atoms with Crippen molar-refractivity contribution in [1.82, 2.24) is 19.9 Å². The van der Waals surface area contributed by atoms with Crippen molar-refractivity contribution >= 4 is 51.9 Å². The molecular formula is C25H29ClN6O4. The number of methoxy groups -OCH3 is 2. The van der Waals surface area contributed by atoms with Crippen molar-refractivity contribution in [3.63, 3.8) is 0 Å². The normalized spacial score (nSPS) is 13.4. The van der Waals surface area contributed by atoms with Crippen LogP contribution in [0.5, 0.6) is 11.5 Å². The van der Waals surface area contributed by atoms with Gasteiger partial charge in [0.25, 0.3) is 0 Å². The largest absolute Gasteiger partial charge is 0.493 e. The third-order valence-corrected chi connectivity index (χ3v) is 5.99. The van der Waals surface area contributed by atoms with Gasteiger partial charge in [0.15, 0.2) is 11.5 Å². The summed E-state index contributed by atoms with van der Waals surface area (Å²) in [4.78, 5) is 29.9. The number of carbonyl (C=O) groups is 1. The number of anilines is 2. The highest BCUT2D eigenvalue weighted by Gasteiger charge is 2.23. The highest BCUT2D eigenvalue weighted by Crippen LogP contribution is 2.34. The smallest absolute Gasteiger partial charge is 0.303 e. The van der Waals surface area contributed by atoms with Gasteiger partial charge < -0.3 is 25.2 Å². The van der Waals surface area contributed by atoms with Gasteiger partial charge in [-0.05, 0) is 30.9 Å². The number of nitrogen functional groups attached to an aromatic ring is 1. The third-order valence-electron chi connectivity index (χ3n) is 5.99.